The van der Waals surface area contributed by atoms with Crippen LogP contribution in [0.1, 0.15) is 20.8 Å². The summed E-state index contributed by atoms with van der Waals surface area (Å²) in [4.78, 5) is 11.5. The van der Waals surface area contributed by atoms with Gasteiger partial charge in [-0.1, -0.05) is 0 Å². The lowest BCUT2D eigenvalue weighted by atomic mass is 10.3. The van der Waals surface area contributed by atoms with Crippen LogP contribution in [0.25, 0.3) is 0 Å². The highest BCUT2D eigenvalue weighted by Crippen LogP contribution is 1.87. The second kappa shape index (κ2) is 6.27. The molecule has 0 aliphatic rings. The van der Waals surface area contributed by atoms with Crippen molar-refractivity contribution in [2.75, 3.05) is 6.54 Å². The zero-order valence-electron chi connectivity index (χ0n) is 10.1. The van der Waals surface area contributed by atoms with E-state index >= 15 is 0 Å². The van der Waals surface area contributed by atoms with E-state index in [0.29, 0.717) is 0 Å². The third-order valence-electron chi connectivity index (χ3n) is 2.17. The van der Waals surface area contributed by atoms with Crippen molar-refractivity contribution in [3.8, 4) is 0 Å². The molecule has 1 amide bonds. The third kappa shape index (κ3) is 4.44. The molecule has 1 rings (SSSR count). The highest BCUT2D eigenvalue weighted by Gasteiger charge is 2.11. The van der Waals surface area contributed by atoms with Crippen LogP contribution in [0.4, 0.5) is 0 Å². The van der Waals surface area contributed by atoms with E-state index in [4.69, 9.17) is 0 Å². The van der Waals surface area contributed by atoms with Crippen molar-refractivity contribution in [1.82, 2.24) is 20.4 Å². The van der Waals surface area contributed by atoms with Gasteiger partial charge in [-0.25, -0.2) is 0 Å². The fraction of sp³-hybridized carbons (Fsp3) is 0.636. The third-order valence-corrected chi connectivity index (χ3v) is 2.17. The van der Waals surface area contributed by atoms with Gasteiger partial charge in [-0.05, 0) is 26.8 Å². The van der Waals surface area contributed by atoms with Gasteiger partial charge >= 0.3 is 0 Å². The van der Waals surface area contributed by atoms with E-state index in [9.17, 15) is 4.79 Å². The largest absolute Gasteiger partial charge is 0.353 e. The number of nitrogens with zero attached hydrogens (tertiary/aromatic N) is 2. The Labute approximate surface area is 96.2 Å². The zero-order valence-corrected chi connectivity index (χ0v) is 10.1. The number of rotatable bonds is 6. The minimum atomic E-state index is -0.169. The molecule has 0 saturated heterocycles. The van der Waals surface area contributed by atoms with E-state index in [-0.39, 0.29) is 18.0 Å². The molecule has 1 unspecified atom stereocenters. The molecule has 0 radical (unpaired) electrons. The molecular formula is C11H20N4O. The summed E-state index contributed by atoms with van der Waals surface area (Å²) in [5, 5.41) is 10.1. The molecule has 0 fully saturated rings. The van der Waals surface area contributed by atoms with Crippen LogP contribution >= 0.6 is 0 Å². The number of aromatic nitrogens is 2. The van der Waals surface area contributed by atoms with Gasteiger partial charge in [0.15, 0.2) is 0 Å². The predicted molar refractivity (Wildman–Crippen MR) is 63.0 cm³/mol. The molecule has 0 spiro atoms. The van der Waals surface area contributed by atoms with E-state index in [0.717, 1.165) is 13.1 Å². The lowest BCUT2D eigenvalue weighted by Crippen LogP contribution is -2.45. The van der Waals surface area contributed by atoms with Crippen molar-refractivity contribution in [1.29, 1.82) is 0 Å². The molecule has 1 atom stereocenters. The normalized spacial score (nSPS) is 12.8. The Morgan fingerprint density at radius 1 is 1.44 bits per heavy atom. The molecule has 90 valence electrons. The van der Waals surface area contributed by atoms with Gasteiger partial charge in [-0.15, -0.1) is 0 Å². The molecule has 0 aliphatic carbocycles. The summed E-state index contributed by atoms with van der Waals surface area (Å²) in [5.74, 6) is 0.0375. The predicted octanol–water partition coefficient (Wildman–Crippen LogP) is 0.386. The lowest BCUT2D eigenvalue weighted by Gasteiger charge is -2.15. The van der Waals surface area contributed by atoms with E-state index in [1.807, 2.05) is 37.7 Å². The topological polar surface area (TPSA) is 59.0 Å². The molecule has 1 aromatic heterocycles. The Hall–Kier alpha value is -1.36. The molecule has 0 aromatic carbocycles. The molecule has 0 aliphatic heterocycles. The maximum atomic E-state index is 11.5. The molecular weight excluding hydrogens is 204 g/mol. The molecule has 0 bridgehead atoms. The molecule has 2 N–H and O–H groups in total. The monoisotopic (exact) mass is 224 g/mol. The van der Waals surface area contributed by atoms with Crippen LogP contribution < -0.4 is 10.6 Å². The van der Waals surface area contributed by atoms with E-state index in [2.05, 4.69) is 15.7 Å². The fourth-order valence-electron chi connectivity index (χ4n) is 1.33. The quantitative estimate of drug-likeness (QED) is 0.734. The first-order chi connectivity index (χ1) is 7.59. The van der Waals surface area contributed by atoms with Crippen LogP contribution in [0, 0.1) is 0 Å². The second-order valence-corrected chi connectivity index (χ2v) is 4.11. The minimum absolute atomic E-state index is 0.0375. The average Bonchev–Trinajstić information content (AvgIpc) is 2.69. The summed E-state index contributed by atoms with van der Waals surface area (Å²) in [7, 11) is 0. The van der Waals surface area contributed by atoms with Crippen LogP contribution in [0.5, 0.6) is 0 Å². The number of carbonyl (C=O) groups excluding carboxylic acids is 1. The molecule has 0 saturated carbocycles. The van der Waals surface area contributed by atoms with Gasteiger partial charge in [0, 0.05) is 25.0 Å². The van der Waals surface area contributed by atoms with Crippen LogP contribution in [-0.4, -0.2) is 34.3 Å². The first kappa shape index (κ1) is 12.7. The van der Waals surface area contributed by atoms with Crippen LogP contribution in [0.15, 0.2) is 18.5 Å². The van der Waals surface area contributed by atoms with Gasteiger partial charge in [0.2, 0.25) is 5.91 Å². The van der Waals surface area contributed by atoms with Crippen molar-refractivity contribution in [3.05, 3.63) is 18.5 Å². The van der Waals surface area contributed by atoms with Crippen molar-refractivity contribution in [3.63, 3.8) is 0 Å². The summed E-state index contributed by atoms with van der Waals surface area (Å²) < 4.78 is 1.83. The van der Waals surface area contributed by atoms with Gasteiger partial charge < -0.3 is 10.6 Å². The number of carbonyl (C=O) groups is 1. The summed E-state index contributed by atoms with van der Waals surface area (Å²) >= 11 is 0. The number of amides is 1. The number of nitrogens with one attached hydrogen (secondary N) is 2. The maximum Gasteiger partial charge on any atom is 0.237 e. The van der Waals surface area contributed by atoms with Gasteiger partial charge in [-0.2, -0.15) is 5.10 Å². The standard InChI is InChI=1S/C11H20N4O/c1-9(2)14-11(16)10(3)12-6-8-15-7-4-5-13-15/h4-5,7,9-10,12H,6,8H2,1-3H3,(H,14,16). The van der Waals surface area contributed by atoms with Crippen molar-refractivity contribution < 1.29 is 4.79 Å². The average molecular weight is 224 g/mol. The SMILES string of the molecule is CC(C)NC(=O)C(C)NCCn1cccn1. The van der Waals surface area contributed by atoms with Gasteiger partial charge in [-0.3, -0.25) is 9.48 Å². The van der Waals surface area contributed by atoms with E-state index in [1.54, 1.807) is 6.20 Å². The Kier molecular flexibility index (Phi) is 4.98. The maximum absolute atomic E-state index is 11.5. The van der Waals surface area contributed by atoms with Crippen LogP contribution in [-0.2, 0) is 11.3 Å². The molecule has 16 heavy (non-hydrogen) atoms. The highest BCUT2D eigenvalue weighted by atomic mass is 16.2. The molecule has 5 nitrogen and oxygen atoms in total. The summed E-state index contributed by atoms with van der Waals surface area (Å²) in [6, 6.07) is 1.90. The zero-order chi connectivity index (χ0) is 12.0. The van der Waals surface area contributed by atoms with E-state index < -0.39 is 0 Å². The summed E-state index contributed by atoms with van der Waals surface area (Å²) in [5.41, 5.74) is 0. The summed E-state index contributed by atoms with van der Waals surface area (Å²) in [6.07, 6.45) is 3.65. The smallest absolute Gasteiger partial charge is 0.237 e. The molecule has 1 aromatic rings. The first-order valence-corrected chi connectivity index (χ1v) is 5.61. The number of hydrogen-bond donors (Lipinski definition) is 2. The lowest BCUT2D eigenvalue weighted by molar-refractivity contribution is -0.123. The Morgan fingerprint density at radius 2 is 2.19 bits per heavy atom. The fourth-order valence-corrected chi connectivity index (χ4v) is 1.33. The van der Waals surface area contributed by atoms with E-state index in [1.165, 1.54) is 0 Å². The Balaban J connectivity index is 2.19. The molecule has 1 heterocycles. The van der Waals surface area contributed by atoms with Crippen LogP contribution in [0.3, 0.4) is 0 Å². The van der Waals surface area contributed by atoms with Gasteiger partial charge in [0.1, 0.15) is 0 Å². The van der Waals surface area contributed by atoms with Crippen molar-refractivity contribution in [2.24, 2.45) is 0 Å². The summed E-state index contributed by atoms with van der Waals surface area (Å²) in [6.45, 7) is 7.27. The minimum Gasteiger partial charge on any atom is -0.353 e. The Morgan fingerprint density at radius 3 is 2.75 bits per heavy atom. The van der Waals surface area contributed by atoms with Crippen molar-refractivity contribution in [2.45, 2.75) is 39.4 Å². The second-order valence-electron chi connectivity index (χ2n) is 4.11. The molecule has 5 heteroatoms. The van der Waals surface area contributed by atoms with Gasteiger partial charge in [0.25, 0.3) is 0 Å². The highest BCUT2D eigenvalue weighted by molar-refractivity contribution is 5.81. The van der Waals surface area contributed by atoms with Crippen LogP contribution in [0.2, 0.25) is 0 Å². The first-order valence-electron chi connectivity index (χ1n) is 5.61. The van der Waals surface area contributed by atoms with Gasteiger partial charge in [0.05, 0.1) is 12.6 Å². The number of hydrogen-bond acceptors (Lipinski definition) is 3. The van der Waals surface area contributed by atoms with Crippen molar-refractivity contribution >= 4 is 5.91 Å². The Bertz CT molecular complexity index is 308.